The maximum atomic E-state index is 13.1. The standard InChI is InChI=1S/C31H39N3O12.C22H30N4O4.C16H28N2O8.C8H9NO7/c1-24(35)43-22-45-28(37)14-9-16-33(30(39)41-20-26-10-5-3-6-11-26)18-19-34(17-15-32-29(38)46-23-44-25(2)36)31(40)42-21-27-12-7-4-8-13-27;23-11-13-25(21(27)29-17-19-7-3-1-4-8-19)15-16-26(14-12-24)22(28)30-18-20-9-5-2-6-10-20;1-13(19)23-11-25-15(21)7-6-9-17-8-4-3-5-10-18-16(22)26-12-24-14(2)20;1-5(10)14-4-15-8(13)16-9-6(11)2-3-7(9)12/h3-8,10-13H,9,14-23H2,1-2H3,(H,32,38);1-10H,11-18,23-24H2;17H,3-12H2,1-2H3,(H,18,22);2-4H2,1H3. The highest BCUT2D eigenvalue weighted by Crippen LogP contribution is 2.14. The van der Waals surface area contributed by atoms with Crippen molar-refractivity contribution in [3.8, 4) is 0 Å². The second kappa shape index (κ2) is 63.4. The van der Waals surface area contributed by atoms with E-state index in [0.29, 0.717) is 37.7 Å². The van der Waals surface area contributed by atoms with E-state index >= 15 is 0 Å². The van der Waals surface area contributed by atoms with Crippen molar-refractivity contribution in [2.75, 3.05) is 126 Å². The topological polar surface area (TPSA) is 516 Å². The fourth-order valence-electron chi connectivity index (χ4n) is 9.00. The molecule has 41 nitrogen and oxygen atoms in total. The molecule has 0 saturated carbocycles. The Hall–Kier alpha value is -12.9. The SMILES string of the molecule is CC(=O)OCOC(=O)CCCN(CCN(CCNC(=O)OCOC(C)=O)C(=O)OCc1ccccc1)C(=O)OCc1ccccc1.CC(=O)OCOC(=O)CCCNCCCCCNC(=O)OCOC(C)=O.CC(=O)OCOC(=O)ON1C(=O)CCC1=O.NCCN(CCN(CCN)C(=O)OCc1ccccc1)C(=O)OCc1ccccc1. The van der Waals surface area contributed by atoms with Gasteiger partial charge in [0.2, 0.25) is 34.0 Å². The van der Waals surface area contributed by atoms with Crippen LogP contribution in [0.15, 0.2) is 121 Å². The third-order valence-electron chi connectivity index (χ3n) is 14.9. The first-order valence-corrected chi connectivity index (χ1v) is 37.1. The number of benzene rings is 4. The second-order valence-electron chi connectivity index (χ2n) is 24.3. The van der Waals surface area contributed by atoms with Gasteiger partial charge >= 0.3 is 84.5 Å². The number of rotatable bonds is 46. The maximum absolute atomic E-state index is 13.1. The first kappa shape index (κ1) is 101. The summed E-state index contributed by atoms with van der Waals surface area (Å²) in [4.78, 5) is 193. The molecule has 0 atom stereocenters. The first-order chi connectivity index (χ1) is 56.7. The second-order valence-corrected chi connectivity index (χ2v) is 24.3. The summed E-state index contributed by atoms with van der Waals surface area (Å²) in [7, 11) is 0. The Morgan fingerprint density at radius 1 is 0.331 bits per heavy atom. The van der Waals surface area contributed by atoms with E-state index < -0.39 is 117 Å². The molecule has 4 aromatic carbocycles. The lowest BCUT2D eigenvalue weighted by Crippen LogP contribution is -2.44. The number of carbonyl (C=O) groups is 16. The fourth-order valence-corrected chi connectivity index (χ4v) is 9.00. The van der Waals surface area contributed by atoms with Crippen LogP contribution in [0.4, 0.5) is 33.6 Å². The number of unbranched alkanes of at least 4 members (excludes halogenated alkanes) is 2. The molecule has 1 aliphatic rings. The van der Waals surface area contributed by atoms with E-state index in [9.17, 15) is 76.7 Å². The molecule has 1 fully saturated rings. The number of esters is 7. The van der Waals surface area contributed by atoms with Crippen LogP contribution in [-0.4, -0.2) is 247 Å². The van der Waals surface area contributed by atoms with Gasteiger partial charge in [-0.05, 0) is 61.0 Å². The van der Waals surface area contributed by atoms with Crippen LogP contribution in [0.25, 0.3) is 0 Å². The normalized spacial score (nSPS) is 10.8. The van der Waals surface area contributed by atoms with Crippen LogP contribution in [0.2, 0.25) is 0 Å². The number of hydrogen-bond donors (Lipinski definition) is 5. The molecular weight excluding hydrogens is 1560 g/mol. The Kier molecular flexibility index (Phi) is 54.3. The van der Waals surface area contributed by atoms with Gasteiger partial charge in [0.15, 0.2) is 0 Å². The number of amides is 8. The maximum Gasteiger partial charge on any atom is 0.536 e. The third kappa shape index (κ3) is 52.5. The average Bonchev–Trinajstić information content (AvgIpc) is 1.73. The van der Waals surface area contributed by atoms with E-state index in [2.05, 4.69) is 53.9 Å². The van der Waals surface area contributed by atoms with E-state index in [1.165, 1.54) is 47.3 Å². The van der Waals surface area contributed by atoms with Crippen molar-refractivity contribution < 1.29 is 148 Å². The van der Waals surface area contributed by atoms with Crippen LogP contribution in [-0.2, 0) is 141 Å². The number of alkyl carbamates (subject to hydrolysis) is 2. The molecule has 1 aliphatic heterocycles. The van der Waals surface area contributed by atoms with Gasteiger partial charge in [-0.1, -0.05) is 133 Å². The molecule has 0 unspecified atom stereocenters. The minimum Gasteiger partial charge on any atom is -0.445 e. The number of nitrogens with zero attached hydrogens (tertiary/aromatic N) is 5. The van der Waals surface area contributed by atoms with Crippen molar-refractivity contribution >= 4 is 96.3 Å². The summed E-state index contributed by atoms with van der Waals surface area (Å²) in [5.74, 6) is -5.12. The van der Waals surface area contributed by atoms with Crippen molar-refractivity contribution in [3.63, 3.8) is 0 Å². The predicted molar refractivity (Wildman–Crippen MR) is 409 cm³/mol. The Bertz CT molecular complexity index is 3470. The zero-order chi connectivity index (χ0) is 86.9. The molecule has 8 amide bonds. The summed E-state index contributed by atoms with van der Waals surface area (Å²) in [5, 5.41) is 8.52. The third-order valence-corrected chi connectivity index (χ3v) is 14.9. The molecular formula is C77H106N10O31. The van der Waals surface area contributed by atoms with Gasteiger partial charge in [0.05, 0.1) is 0 Å². The molecule has 0 spiro atoms. The van der Waals surface area contributed by atoms with Gasteiger partial charge < -0.3 is 113 Å². The molecule has 0 radical (unpaired) electrons. The monoisotopic (exact) mass is 1670 g/mol. The lowest BCUT2D eigenvalue weighted by molar-refractivity contribution is -0.182. The molecule has 4 aromatic rings. The molecule has 650 valence electrons. The Morgan fingerprint density at radius 3 is 0.992 bits per heavy atom. The summed E-state index contributed by atoms with van der Waals surface area (Å²) in [6.45, 7) is 7.55. The van der Waals surface area contributed by atoms with Crippen LogP contribution >= 0.6 is 0 Å². The largest absolute Gasteiger partial charge is 0.536 e. The van der Waals surface area contributed by atoms with E-state index in [1.54, 1.807) is 36.4 Å². The van der Waals surface area contributed by atoms with Gasteiger partial charge in [-0.3, -0.25) is 48.0 Å². The van der Waals surface area contributed by atoms with Gasteiger partial charge in [-0.25, -0.2) is 33.6 Å². The highest BCUT2D eigenvalue weighted by Gasteiger charge is 2.34. The number of nitrogens with two attached hydrogens (primary N) is 2. The Morgan fingerprint density at radius 2 is 0.636 bits per heavy atom. The molecule has 7 N–H and O–H groups in total. The smallest absolute Gasteiger partial charge is 0.445 e. The summed E-state index contributed by atoms with van der Waals surface area (Å²) in [5.41, 5.74) is 14.6. The zero-order valence-corrected chi connectivity index (χ0v) is 66.7. The number of ether oxygens (including phenoxy) is 14. The van der Waals surface area contributed by atoms with Crippen molar-refractivity contribution in [3.05, 3.63) is 144 Å². The molecule has 118 heavy (non-hydrogen) atoms. The Balaban J connectivity index is 0.000000569. The van der Waals surface area contributed by atoms with Gasteiger partial charge in [0.1, 0.15) is 26.4 Å². The highest BCUT2D eigenvalue weighted by molar-refractivity contribution is 6.01. The number of imide groups is 1. The number of hydroxylamine groups is 2. The molecule has 41 heteroatoms. The van der Waals surface area contributed by atoms with Crippen molar-refractivity contribution in [1.82, 2.24) is 40.6 Å². The van der Waals surface area contributed by atoms with E-state index in [4.69, 9.17) is 44.6 Å². The summed E-state index contributed by atoms with van der Waals surface area (Å²) in [6.07, 6.45) is -1.47. The zero-order valence-electron chi connectivity index (χ0n) is 66.7. The predicted octanol–water partition coefficient (Wildman–Crippen LogP) is 6.10. The van der Waals surface area contributed by atoms with Gasteiger partial charge in [-0.15, -0.1) is 0 Å². The number of nitrogens with one attached hydrogen (secondary N) is 3. The summed E-state index contributed by atoms with van der Waals surface area (Å²) < 4.78 is 67.2. The van der Waals surface area contributed by atoms with Crippen molar-refractivity contribution in [2.45, 2.75) is 119 Å². The molecule has 1 saturated heterocycles. The van der Waals surface area contributed by atoms with E-state index in [0.717, 1.165) is 55.0 Å². The minimum absolute atomic E-state index is 0.00278. The highest BCUT2D eigenvalue weighted by atomic mass is 16.9. The first-order valence-electron chi connectivity index (χ1n) is 37.1. The number of carbonyl (C=O) groups excluding carboxylic acids is 16. The van der Waals surface area contributed by atoms with Gasteiger partial charge in [0, 0.05) is 139 Å². The van der Waals surface area contributed by atoms with E-state index in [-0.39, 0.29) is 131 Å². The molecule has 0 aromatic heterocycles. The van der Waals surface area contributed by atoms with Gasteiger partial charge in [0.25, 0.3) is 11.8 Å². The minimum atomic E-state index is -1.29. The van der Waals surface area contributed by atoms with E-state index in [1.807, 2.05) is 84.9 Å². The molecule has 0 bridgehead atoms. The molecule has 1 heterocycles. The van der Waals surface area contributed by atoms with Crippen molar-refractivity contribution in [2.24, 2.45) is 11.5 Å². The molecule has 5 rings (SSSR count). The number of hydrogen-bond acceptors (Lipinski definition) is 34. The van der Waals surface area contributed by atoms with Crippen LogP contribution in [0.1, 0.15) is 115 Å². The Labute approximate surface area is 681 Å². The summed E-state index contributed by atoms with van der Waals surface area (Å²) in [6, 6.07) is 36.9. The van der Waals surface area contributed by atoms with Crippen molar-refractivity contribution in [1.29, 1.82) is 0 Å². The fraction of sp³-hybridized carbons (Fsp3) is 0.481. The lowest BCUT2D eigenvalue weighted by atomic mass is 10.2. The molecule has 0 aliphatic carbocycles. The van der Waals surface area contributed by atoms with Crippen LogP contribution in [0, 0.1) is 0 Å². The van der Waals surface area contributed by atoms with Crippen LogP contribution < -0.4 is 27.4 Å². The quantitative estimate of drug-likeness (QED) is 0.0110. The lowest BCUT2D eigenvalue weighted by Gasteiger charge is -2.27. The van der Waals surface area contributed by atoms with Crippen LogP contribution in [0.5, 0.6) is 0 Å². The summed E-state index contributed by atoms with van der Waals surface area (Å²) >= 11 is 0. The van der Waals surface area contributed by atoms with Gasteiger partial charge in [-0.2, -0.15) is 0 Å². The average molecular weight is 1670 g/mol. The van der Waals surface area contributed by atoms with Crippen LogP contribution in [0.3, 0.4) is 0 Å².